The number of carbonyl (C=O) groups is 1. The van der Waals surface area contributed by atoms with Crippen LogP contribution in [0.2, 0.25) is 0 Å². The van der Waals surface area contributed by atoms with Crippen LogP contribution in [0.15, 0.2) is 48.8 Å². The summed E-state index contributed by atoms with van der Waals surface area (Å²) in [4.78, 5) is 21.3. The Hall–Kier alpha value is -3.06. The minimum atomic E-state index is -0.0625. The Labute approximate surface area is 157 Å². The number of aromatic nitrogens is 3. The summed E-state index contributed by atoms with van der Waals surface area (Å²) in [6.45, 7) is 1.74. The quantitative estimate of drug-likeness (QED) is 0.760. The fraction of sp³-hybridized carbons (Fsp3) is 0.300. The maximum absolute atomic E-state index is 12.7. The van der Waals surface area contributed by atoms with E-state index in [0.29, 0.717) is 17.9 Å². The van der Waals surface area contributed by atoms with Crippen LogP contribution in [0.3, 0.4) is 0 Å². The number of carbonyl (C=O) groups excluding carboxylic acids is 1. The predicted octanol–water partition coefficient (Wildman–Crippen LogP) is 2.61. The SMILES string of the molecule is CN1C[C@H]2C[C@@H]1CN2C(=O)Nc1cc2cc(-c3cccnn3)ccc2cn1. The number of hydrogen-bond donors (Lipinski definition) is 1. The maximum Gasteiger partial charge on any atom is 0.323 e. The van der Waals surface area contributed by atoms with Crippen molar-refractivity contribution in [3.63, 3.8) is 0 Å². The van der Waals surface area contributed by atoms with E-state index in [1.165, 1.54) is 0 Å². The van der Waals surface area contributed by atoms with Gasteiger partial charge in [0.15, 0.2) is 0 Å². The largest absolute Gasteiger partial charge is 0.323 e. The van der Waals surface area contributed by atoms with Gasteiger partial charge in [0, 0.05) is 48.5 Å². The molecule has 2 aliphatic rings. The van der Waals surface area contributed by atoms with Gasteiger partial charge in [-0.15, -0.1) is 0 Å². The Bertz CT molecular complexity index is 1010. The number of pyridine rings is 1. The number of hydrogen-bond acceptors (Lipinski definition) is 5. The Morgan fingerprint density at radius 1 is 1.15 bits per heavy atom. The lowest BCUT2D eigenvalue weighted by Gasteiger charge is -2.31. The van der Waals surface area contributed by atoms with Gasteiger partial charge in [-0.1, -0.05) is 12.1 Å². The van der Waals surface area contributed by atoms with Crippen molar-refractivity contribution in [2.45, 2.75) is 18.5 Å². The molecule has 0 saturated carbocycles. The number of likely N-dealkylation sites (N-methyl/N-ethyl adjacent to an activating group) is 1. The van der Waals surface area contributed by atoms with E-state index >= 15 is 0 Å². The van der Waals surface area contributed by atoms with Crippen molar-refractivity contribution in [1.29, 1.82) is 0 Å². The molecule has 136 valence electrons. The van der Waals surface area contributed by atoms with Gasteiger partial charge < -0.3 is 4.90 Å². The second kappa shape index (κ2) is 6.28. The zero-order chi connectivity index (χ0) is 18.4. The lowest BCUT2D eigenvalue weighted by atomic mass is 10.1. The van der Waals surface area contributed by atoms with Gasteiger partial charge >= 0.3 is 6.03 Å². The highest BCUT2D eigenvalue weighted by Crippen LogP contribution is 2.30. The number of benzene rings is 1. The van der Waals surface area contributed by atoms with Crippen molar-refractivity contribution in [3.8, 4) is 11.3 Å². The van der Waals surface area contributed by atoms with E-state index in [9.17, 15) is 4.79 Å². The van der Waals surface area contributed by atoms with Gasteiger partial charge in [-0.05, 0) is 43.1 Å². The first kappa shape index (κ1) is 16.1. The molecule has 2 bridgehead atoms. The Kier molecular flexibility index (Phi) is 3.75. The molecule has 2 fully saturated rings. The molecule has 7 nitrogen and oxygen atoms in total. The number of anilines is 1. The van der Waals surface area contributed by atoms with Crippen molar-refractivity contribution in [1.82, 2.24) is 25.0 Å². The van der Waals surface area contributed by atoms with Gasteiger partial charge in [-0.3, -0.25) is 10.2 Å². The average molecular weight is 360 g/mol. The fourth-order valence-electron chi connectivity index (χ4n) is 4.12. The zero-order valence-electron chi connectivity index (χ0n) is 15.0. The highest BCUT2D eigenvalue weighted by atomic mass is 16.2. The number of piperazine rings is 1. The average Bonchev–Trinajstić information content (AvgIpc) is 3.27. The molecule has 5 rings (SSSR count). The first-order chi connectivity index (χ1) is 13.2. The number of likely N-dealkylation sites (tertiary alicyclic amines) is 2. The third kappa shape index (κ3) is 2.90. The second-order valence-electron chi connectivity index (χ2n) is 7.31. The Morgan fingerprint density at radius 3 is 2.81 bits per heavy atom. The summed E-state index contributed by atoms with van der Waals surface area (Å²) in [6, 6.07) is 12.5. The molecule has 0 aliphatic carbocycles. The van der Waals surface area contributed by atoms with Gasteiger partial charge in [-0.2, -0.15) is 10.2 Å². The number of fused-ring (bicyclic) bond motifs is 3. The summed E-state index contributed by atoms with van der Waals surface area (Å²) in [5.41, 5.74) is 1.80. The van der Waals surface area contributed by atoms with E-state index in [-0.39, 0.29) is 6.03 Å². The number of nitrogens with one attached hydrogen (secondary N) is 1. The van der Waals surface area contributed by atoms with Crippen molar-refractivity contribution < 1.29 is 4.79 Å². The standard InChI is InChI=1S/C20H20N6O/c1-25-11-17-9-16(25)12-26(17)20(27)23-19-8-15-7-13(4-5-14(15)10-21-19)18-3-2-6-22-24-18/h2-8,10,16-17H,9,11-12H2,1H3,(H,21,23,27)/t16-,17-/m1/s1. The molecule has 1 N–H and O–H groups in total. The monoisotopic (exact) mass is 360 g/mol. The predicted molar refractivity (Wildman–Crippen MR) is 103 cm³/mol. The lowest BCUT2D eigenvalue weighted by molar-refractivity contribution is 0.161. The Balaban J connectivity index is 1.38. The van der Waals surface area contributed by atoms with Crippen LogP contribution in [-0.4, -0.2) is 63.2 Å². The highest BCUT2D eigenvalue weighted by molar-refractivity contribution is 5.93. The Morgan fingerprint density at radius 2 is 2.07 bits per heavy atom. The minimum Gasteiger partial charge on any atom is -0.319 e. The van der Waals surface area contributed by atoms with Crippen LogP contribution in [0.1, 0.15) is 6.42 Å². The van der Waals surface area contributed by atoms with Crippen LogP contribution in [0.5, 0.6) is 0 Å². The normalized spacial score (nSPS) is 21.7. The summed E-state index contributed by atoms with van der Waals surface area (Å²) in [6.07, 6.45) is 4.51. The van der Waals surface area contributed by atoms with E-state index < -0.39 is 0 Å². The number of amides is 2. The van der Waals surface area contributed by atoms with Crippen LogP contribution >= 0.6 is 0 Å². The molecule has 2 amide bonds. The molecule has 2 saturated heterocycles. The van der Waals surface area contributed by atoms with Crippen molar-refractivity contribution in [3.05, 3.63) is 48.8 Å². The van der Waals surface area contributed by atoms with Crippen LogP contribution in [0, 0.1) is 0 Å². The number of nitrogens with zero attached hydrogens (tertiary/aromatic N) is 5. The van der Waals surface area contributed by atoms with Crippen molar-refractivity contribution in [2.24, 2.45) is 0 Å². The molecule has 7 heteroatoms. The van der Waals surface area contributed by atoms with Crippen LogP contribution in [0.4, 0.5) is 10.6 Å². The van der Waals surface area contributed by atoms with E-state index in [0.717, 1.165) is 41.5 Å². The van der Waals surface area contributed by atoms with E-state index in [2.05, 4.69) is 32.4 Å². The van der Waals surface area contributed by atoms with E-state index in [1.807, 2.05) is 41.3 Å². The first-order valence-corrected chi connectivity index (χ1v) is 9.13. The fourth-order valence-corrected chi connectivity index (χ4v) is 4.12. The summed E-state index contributed by atoms with van der Waals surface area (Å²) in [5.74, 6) is 0.569. The minimum absolute atomic E-state index is 0.0625. The molecule has 27 heavy (non-hydrogen) atoms. The second-order valence-corrected chi connectivity index (χ2v) is 7.31. The van der Waals surface area contributed by atoms with Crippen molar-refractivity contribution in [2.75, 3.05) is 25.5 Å². The van der Waals surface area contributed by atoms with Gasteiger partial charge in [0.1, 0.15) is 5.82 Å². The van der Waals surface area contributed by atoms with Gasteiger partial charge in [0.25, 0.3) is 0 Å². The summed E-state index contributed by atoms with van der Waals surface area (Å²) in [7, 11) is 2.12. The molecule has 1 aromatic carbocycles. The molecule has 2 atom stereocenters. The number of urea groups is 1. The van der Waals surface area contributed by atoms with E-state index in [1.54, 1.807) is 12.4 Å². The molecular weight excluding hydrogens is 340 g/mol. The lowest BCUT2D eigenvalue weighted by Crippen LogP contribution is -2.48. The van der Waals surface area contributed by atoms with Gasteiger partial charge in [-0.25, -0.2) is 9.78 Å². The van der Waals surface area contributed by atoms with Crippen LogP contribution < -0.4 is 5.32 Å². The van der Waals surface area contributed by atoms with Crippen LogP contribution in [0.25, 0.3) is 22.0 Å². The first-order valence-electron chi connectivity index (χ1n) is 9.13. The van der Waals surface area contributed by atoms with Crippen molar-refractivity contribution >= 4 is 22.6 Å². The summed E-state index contributed by atoms with van der Waals surface area (Å²) < 4.78 is 0. The molecule has 0 radical (unpaired) electrons. The van der Waals surface area contributed by atoms with Gasteiger partial charge in [0.2, 0.25) is 0 Å². The zero-order valence-corrected chi connectivity index (χ0v) is 15.0. The molecule has 0 spiro atoms. The molecule has 4 heterocycles. The third-order valence-corrected chi connectivity index (χ3v) is 5.60. The topological polar surface area (TPSA) is 74.2 Å². The molecule has 2 aromatic heterocycles. The third-order valence-electron chi connectivity index (χ3n) is 5.60. The summed E-state index contributed by atoms with van der Waals surface area (Å²) >= 11 is 0. The number of rotatable bonds is 2. The molecule has 3 aromatic rings. The van der Waals surface area contributed by atoms with Crippen LogP contribution in [-0.2, 0) is 0 Å². The molecule has 2 aliphatic heterocycles. The maximum atomic E-state index is 12.7. The molecule has 0 unspecified atom stereocenters. The summed E-state index contributed by atoms with van der Waals surface area (Å²) in [5, 5.41) is 13.1. The smallest absolute Gasteiger partial charge is 0.319 e. The highest BCUT2D eigenvalue weighted by Gasteiger charge is 2.43. The van der Waals surface area contributed by atoms with E-state index in [4.69, 9.17) is 0 Å². The molecular formula is C20H20N6O. The van der Waals surface area contributed by atoms with Gasteiger partial charge in [0.05, 0.1) is 5.69 Å².